The molecule has 0 aliphatic heterocycles. The summed E-state index contributed by atoms with van der Waals surface area (Å²) in [6, 6.07) is 3.83. The van der Waals surface area contributed by atoms with Crippen molar-refractivity contribution in [2.45, 2.75) is 38.9 Å². The Morgan fingerprint density at radius 3 is 2.26 bits per heavy atom. The van der Waals surface area contributed by atoms with Crippen LogP contribution in [0.25, 0.3) is 0 Å². The highest BCUT2D eigenvalue weighted by Crippen LogP contribution is 2.31. The average Bonchev–Trinajstić information content (AvgIpc) is 2.35. The van der Waals surface area contributed by atoms with Gasteiger partial charge in [0.15, 0.2) is 0 Å². The minimum absolute atomic E-state index is 0.0430. The SMILES string of the molecule is CCCC(C)COc1ccc(C(N)C(F)(F)F)cc1. The first-order valence-electron chi connectivity index (χ1n) is 6.39. The van der Waals surface area contributed by atoms with Crippen molar-refractivity contribution in [2.24, 2.45) is 11.7 Å². The van der Waals surface area contributed by atoms with Crippen LogP contribution in [0.4, 0.5) is 13.2 Å². The largest absolute Gasteiger partial charge is 0.493 e. The topological polar surface area (TPSA) is 35.2 Å². The van der Waals surface area contributed by atoms with Crippen molar-refractivity contribution in [3.8, 4) is 5.75 Å². The van der Waals surface area contributed by atoms with Crippen LogP contribution in [0.3, 0.4) is 0 Å². The Morgan fingerprint density at radius 1 is 1.21 bits per heavy atom. The van der Waals surface area contributed by atoms with Crippen LogP contribution in [0.1, 0.15) is 38.3 Å². The van der Waals surface area contributed by atoms with Crippen LogP contribution in [0.2, 0.25) is 0 Å². The number of benzene rings is 1. The average molecular weight is 275 g/mol. The lowest BCUT2D eigenvalue weighted by Gasteiger charge is -2.16. The normalized spacial score (nSPS) is 15.1. The Labute approximate surface area is 111 Å². The summed E-state index contributed by atoms with van der Waals surface area (Å²) in [4.78, 5) is 0. The Balaban J connectivity index is 2.57. The smallest absolute Gasteiger partial charge is 0.407 e. The number of hydrogen-bond donors (Lipinski definition) is 1. The van der Waals surface area contributed by atoms with Gasteiger partial charge in [0.05, 0.1) is 6.61 Å². The minimum Gasteiger partial charge on any atom is -0.493 e. The highest BCUT2D eigenvalue weighted by molar-refractivity contribution is 5.29. The summed E-state index contributed by atoms with van der Waals surface area (Å²) >= 11 is 0. The number of halogens is 3. The van der Waals surface area contributed by atoms with E-state index in [2.05, 4.69) is 13.8 Å². The summed E-state index contributed by atoms with van der Waals surface area (Å²) in [5.74, 6) is 1.00. The Kier molecular flexibility index (Phi) is 5.66. The van der Waals surface area contributed by atoms with Gasteiger partial charge in [0, 0.05) is 0 Å². The molecule has 0 heterocycles. The molecule has 2 nitrogen and oxygen atoms in total. The number of alkyl halides is 3. The second-order valence-electron chi connectivity index (χ2n) is 4.79. The van der Waals surface area contributed by atoms with Gasteiger partial charge in [-0.15, -0.1) is 0 Å². The maximum absolute atomic E-state index is 12.4. The molecule has 0 saturated heterocycles. The van der Waals surface area contributed by atoms with E-state index in [1.807, 2.05) is 0 Å². The molecule has 1 rings (SSSR count). The molecule has 1 aromatic rings. The van der Waals surface area contributed by atoms with Gasteiger partial charge in [0.25, 0.3) is 0 Å². The van der Waals surface area contributed by atoms with Gasteiger partial charge in [-0.05, 0) is 30.0 Å². The van der Waals surface area contributed by atoms with E-state index in [4.69, 9.17) is 10.5 Å². The third-order valence-corrected chi connectivity index (χ3v) is 2.91. The quantitative estimate of drug-likeness (QED) is 0.849. The van der Waals surface area contributed by atoms with Crippen molar-refractivity contribution in [3.63, 3.8) is 0 Å². The first-order valence-corrected chi connectivity index (χ1v) is 6.39. The number of hydrogen-bond acceptors (Lipinski definition) is 2. The number of rotatable bonds is 6. The van der Waals surface area contributed by atoms with E-state index in [0.717, 1.165) is 12.8 Å². The van der Waals surface area contributed by atoms with E-state index in [9.17, 15) is 13.2 Å². The molecule has 108 valence electrons. The molecule has 0 radical (unpaired) electrons. The molecule has 0 aliphatic carbocycles. The predicted octanol–water partition coefficient (Wildman–Crippen LogP) is 4.06. The van der Waals surface area contributed by atoms with Crippen molar-refractivity contribution in [1.29, 1.82) is 0 Å². The molecular formula is C14H20F3NO. The van der Waals surface area contributed by atoms with E-state index >= 15 is 0 Å². The van der Waals surface area contributed by atoms with Crippen molar-refractivity contribution in [2.75, 3.05) is 6.61 Å². The van der Waals surface area contributed by atoms with Crippen molar-refractivity contribution in [1.82, 2.24) is 0 Å². The summed E-state index contributed by atoms with van der Waals surface area (Å²) in [6.45, 7) is 4.75. The van der Waals surface area contributed by atoms with Crippen LogP contribution in [0.5, 0.6) is 5.75 Å². The molecule has 2 atom stereocenters. The van der Waals surface area contributed by atoms with Gasteiger partial charge in [-0.1, -0.05) is 32.4 Å². The van der Waals surface area contributed by atoms with Crippen LogP contribution in [-0.4, -0.2) is 12.8 Å². The zero-order valence-corrected chi connectivity index (χ0v) is 11.2. The molecule has 0 amide bonds. The van der Waals surface area contributed by atoms with Gasteiger partial charge in [-0.3, -0.25) is 0 Å². The minimum atomic E-state index is -4.42. The maximum Gasteiger partial charge on any atom is 0.407 e. The highest BCUT2D eigenvalue weighted by Gasteiger charge is 2.37. The van der Waals surface area contributed by atoms with Gasteiger partial charge in [0.1, 0.15) is 11.8 Å². The van der Waals surface area contributed by atoms with E-state index in [0.29, 0.717) is 18.3 Å². The van der Waals surface area contributed by atoms with E-state index < -0.39 is 12.2 Å². The fourth-order valence-corrected chi connectivity index (χ4v) is 1.77. The molecule has 5 heteroatoms. The van der Waals surface area contributed by atoms with Crippen molar-refractivity contribution < 1.29 is 17.9 Å². The van der Waals surface area contributed by atoms with Gasteiger partial charge >= 0.3 is 6.18 Å². The maximum atomic E-state index is 12.4. The van der Waals surface area contributed by atoms with Crippen molar-refractivity contribution in [3.05, 3.63) is 29.8 Å². The van der Waals surface area contributed by atoms with Crippen LogP contribution in [-0.2, 0) is 0 Å². The third-order valence-electron chi connectivity index (χ3n) is 2.91. The molecule has 1 aromatic carbocycles. The fraction of sp³-hybridized carbons (Fsp3) is 0.571. The Bertz CT molecular complexity index is 375. The summed E-state index contributed by atoms with van der Waals surface area (Å²) in [6.07, 6.45) is -2.26. The molecule has 2 N–H and O–H groups in total. The van der Waals surface area contributed by atoms with Gasteiger partial charge in [0.2, 0.25) is 0 Å². The summed E-state index contributed by atoms with van der Waals surface area (Å²) in [5.41, 5.74) is 5.16. The lowest BCUT2D eigenvalue weighted by Crippen LogP contribution is -2.28. The molecule has 0 spiro atoms. The molecule has 0 fully saturated rings. The second-order valence-corrected chi connectivity index (χ2v) is 4.79. The van der Waals surface area contributed by atoms with Crippen LogP contribution >= 0.6 is 0 Å². The van der Waals surface area contributed by atoms with Gasteiger partial charge in [-0.25, -0.2) is 0 Å². The highest BCUT2D eigenvalue weighted by atomic mass is 19.4. The second kappa shape index (κ2) is 6.80. The standard InChI is InChI=1S/C14H20F3NO/c1-3-4-10(2)9-19-12-7-5-11(6-8-12)13(18)14(15,16)17/h5-8,10,13H,3-4,9,18H2,1-2H3. The van der Waals surface area contributed by atoms with Crippen LogP contribution in [0, 0.1) is 5.92 Å². The van der Waals surface area contributed by atoms with Crippen LogP contribution in [0.15, 0.2) is 24.3 Å². The molecule has 0 saturated carbocycles. The Morgan fingerprint density at radius 2 is 1.79 bits per heavy atom. The fourth-order valence-electron chi connectivity index (χ4n) is 1.77. The summed E-state index contributed by atoms with van der Waals surface area (Å²) in [5, 5.41) is 0. The molecule has 0 bridgehead atoms. The number of nitrogens with two attached hydrogens (primary N) is 1. The lowest BCUT2D eigenvalue weighted by atomic mass is 10.1. The third kappa shape index (κ3) is 5.11. The molecular weight excluding hydrogens is 255 g/mol. The molecule has 0 aliphatic rings. The molecule has 0 aromatic heterocycles. The zero-order chi connectivity index (χ0) is 14.5. The van der Waals surface area contributed by atoms with E-state index in [1.165, 1.54) is 24.3 Å². The van der Waals surface area contributed by atoms with Gasteiger partial charge in [-0.2, -0.15) is 13.2 Å². The molecule has 19 heavy (non-hydrogen) atoms. The lowest BCUT2D eigenvalue weighted by molar-refractivity contribution is -0.149. The van der Waals surface area contributed by atoms with Crippen LogP contribution < -0.4 is 10.5 Å². The van der Waals surface area contributed by atoms with E-state index in [-0.39, 0.29) is 5.56 Å². The van der Waals surface area contributed by atoms with E-state index in [1.54, 1.807) is 0 Å². The summed E-state index contributed by atoms with van der Waals surface area (Å²) < 4.78 is 42.8. The summed E-state index contributed by atoms with van der Waals surface area (Å²) in [7, 11) is 0. The monoisotopic (exact) mass is 275 g/mol. The first kappa shape index (κ1) is 15.8. The first-order chi connectivity index (χ1) is 8.84. The number of ether oxygens (including phenoxy) is 1. The Hall–Kier alpha value is -1.23. The zero-order valence-electron chi connectivity index (χ0n) is 11.2. The predicted molar refractivity (Wildman–Crippen MR) is 69.0 cm³/mol. The van der Waals surface area contributed by atoms with Gasteiger partial charge < -0.3 is 10.5 Å². The van der Waals surface area contributed by atoms with Crippen molar-refractivity contribution >= 4 is 0 Å². The molecule has 2 unspecified atom stereocenters.